The molecule has 2 aromatic rings. The number of fused-ring (bicyclic) bond motifs is 1. The highest BCUT2D eigenvalue weighted by molar-refractivity contribution is 5.95. The molecule has 7 heteroatoms. The number of benzene rings is 2. The van der Waals surface area contributed by atoms with Gasteiger partial charge in [0.15, 0.2) is 18.1 Å². The van der Waals surface area contributed by atoms with Gasteiger partial charge in [-0.05, 0) is 29.8 Å². The molecule has 0 atom stereocenters. The molecule has 0 bridgehead atoms. The summed E-state index contributed by atoms with van der Waals surface area (Å²) in [6.07, 6.45) is 0. The molecule has 1 aliphatic heterocycles. The molecule has 3 rings (SSSR count). The first-order valence-electron chi connectivity index (χ1n) is 7.72. The molecule has 7 nitrogen and oxygen atoms in total. The van der Waals surface area contributed by atoms with E-state index in [-0.39, 0.29) is 6.61 Å². The van der Waals surface area contributed by atoms with Crippen molar-refractivity contribution >= 4 is 17.6 Å². The van der Waals surface area contributed by atoms with Crippen LogP contribution in [0.1, 0.15) is 15.9 Å². The Morgan fingerprint density at radius 3 is 2.48 bits per heavy atom. The summed E-state index contributed by atoms with van der Waals surface area (Å²) in [5.74, 6) is 0.117. The summed E-state index contributed by atoms with van der Waals surface area (Å²) in [6.45, 7) is 0.438. The normalized spacial score (nSPS) is 12.4. The Morgan fingerprint density at radius 2 is 1.76 bits per heavy atom. The van der Waals surface area contributed by atoms with E-state index in [0.29, 0.717) is 41.5 Å². The van der Waals surface area contributed by atoms with Crippen LogP contribution < -0.4 is 14.8 Å². The maximum absolute atomic E-state index is 11.9. The highest BCUT2D eigenvalue weighted by Gasteiger charge is 2.14. The van der Waals surface area contributed by atoms with Crippen LogP contribution in [0.4, 0.5) is 5.69 Å². The molecule has 1 amide bonds. The summed E-state index contributed by atoms with van der Waals surface area (Å²) in [7, 11) is 0. The van der Waals surface area contributed by atoms with Crippen molar-refractivity contribution in [1.29, 1.82) is 0 Å². The zero-order valence-electron chi connectivity index (χ0n) is 13.4. The molecule has 0 saturated heterocycles. The van der Waals surface area contributed by atoms with Gasteiger partial charge in [-0.3, -0.25) is 4.79 Å². The molecular formula is C18H17NO6. The van der Waals surface area contributed by atoms with Gasteiger partial charge < -0.3 is 24.6 Å². The molecule has 1 aliphatic rings. The van der Waals surface area contributed by atoms with Crippen LogP contribution in [-0.4, -0.2) is 36.8 Å². The highest BCUT2D eigenvalue weighted by atomic mass is 16.6. The van der Waals surface area contributed by atoms with E-state index in [9.17, 15) is 9.59 Å². The summed E-state index contributed by atoms with van der Waals surface area (Å²) in [5.41, 5.74) is 1.52. The van der Waals surface area contributed by atoms with Crippen LogP contribution in [0.5, 0.6) is 11.5 Å². The third-order valence-corrected chi connectivity index (χ3v) is 3.53. The molecule has 2 aromatic carbocycles. The summed E-state index contributed by atoms with van der Waals surface area (Å²) >= 11 is 0. The Kier molecular flexibility index (Phi) is 5.15. The van der Waals surface area contributed by atoms with E-state index in [1.165, 1.54) is 12.1 Å². The summed E-state index contributed by atoms with van der Waals surface area (Å²) in [5, 5.41) is 11.6. The number of aliphatic hydroxyl groups is 1. The van der Waals surface area contributed by atoms with Crippen molar-refractivity contribution in [2.24, 2.45) is 0 Å². The van der Waals surface area contributed by atoms with Gasteiger partial charge in [0.1, 0.15) is 13.2 Å². The van der Waals surface area contributed by atoms with Gasteiger partial charge in [0.25, 0.3) is 5.91 Å². The maximum atomic E-state index is 11.9. The Labute approximate surface area is 144 Å². The lowest BCUT2D eigenvalue weighted by molar-refractivity contribution is -0.119. The number of rotatable bonds is 5. The number of nitrogens with one attached hydrogen (secondary N) is 1. The van der Waals surface area contributed by atoms with Crippen LogP contribution in [-0.2, 0) is 16.1 Å². The van der Waals surface area contributed by atoms with Crippen molar-refractivity contribution in [3.8, 4) is 11.5 Å². The Morgan fingerprint density at radius 1 is 1.04 bits per heavy atom. The number of hydrogen-bond acceptors (Lipinski definition) is 6. The molecule has 0 saturated carbocycles. The Bertz CT molecular complexity index is 772. The average molecular weight is 343 g/mol. The van der Waals surface area contributed by atoms with Gasteiger partial charge in [-0.1, -0.05) is 12.1 Å². The molecule has 2 N–H and O–H groups in total. The zero-order chi connectivity index (χ0) is 17.6. The Hall–Kier alpha value is -3.06. The van der Waals surface area contributed by atoms with Crippen molar-refractivity contribution in [2.45, 2.75) is 6.61 Å². The summed E-state index contributed by atoms with van der Waals surface area (Å²) in [6, 6.07) is 11.3. The van der Waals surface area contributed by atoms with Gasteiger partial charge in [-0.2, -0.15) is 0 Å². The van der Waals surface area contributed by atoms with Crippen LogP contribution >= 0.6 is 0 Å². The first-order chi connectivity index (χ1) is 12.2. The molecule has 0 radical (unpaired) electrons. The van der Waals surface area contributed by atoms with Crippen LogP contribution in [0.25, 0.3) is 0 Å². The van der Waals surface area contributed by atoms with E-state index in [1.54, 1.807) is 30.3 Å². The monoisotopic (exact) mass is 343 g/mol. The first kappa shape index (κ1) is 16.8. The minimum absolute atomic E-state index is 0.104. The van der Waals surface area contributed by atoms with E-state index in [0.717, 1.165) is 0 Å². The second-order valence-corrected chi connectivity index (χ2v) is 5.34. The van der Waals surface area contributed by atoms with E-state index < -0.39 is 18.5 Å². The Balaban J connectivity index is 1.53. The molecule has 1 heterocycles. The third-order valence-electron chi connectivity index (χ3n) is 3.53. The largest absolute Gasteiger partial charge is 0.486 e. The summed E-state index contributed by atoms with van der Waals surface area (Å²) < 4.78 is 15.8. The SMILES string of the molecule is O=C(COC(=O)c1ccc(CO)cc1)Nc1ccc2c(c1)OCCO2. The van der Waals surface area contributed by atoms with Gasteiger partial charge in [-0.25, -0.2) is 4.79 Å². The number of carbonyl (C=O) groups is 2. The van der Waals surface area contributed by atoms with E-state index in [4.69, 9.17) is 19.3 Å². The quantitative estimate of drug-likeness (QED) is 0.803. The van der Waals surface area contributed by atoms with Crippen LogP contribution in [0.2, 0.25) is 0 Å². The fraction of sp³-hybridized carbons (Fsp3) is 0.222. The smallest absolute Gasteiger partial charge is 0.338 e. The average Bonchev–Trinajstić information content (AvgIpc) is 2.66. The molecule has 0 aliphatic carbocycles. The van der Waals surface area contributed by atoms with Crippen molar-refractivity contribution in [1.82, 2.24) is 0 Å². The number of aliphatic hydroxyl groups excluding tert-OH is 1. The second kappa shape index (κ2) is 7.67. The fourth-order valence-corrected chi connectivity index (χ4v) is 2.28. The van der Waals surface area contributed by atoms with E-state index in [1.807, 2.05) is 0 Å². The first-order valence-corrected chi connectivity index (χ1v) is 7.72. The summed E-state index contributed by atoms with van der Waals surface area (Å²) in [4.78, 5) is 23.8. The van der Waals surface area contributed by atoms with Gasteiger partial charge >= 0.3 is 5.97 Å². The second-order valence-electron chi connectivity index (χ2n) is 5.34. The van der Waals surface area contributed by atoms with Gasteiger partial charge in [-0.15, -0.1) is 0 Å². The minimum Gasteiger partial charge on any atom is -0.486 e. The van der Waals surface area contributed by atoms with Crippen LogP contribution in [0.15, 0.2) is 42.5 Å². The predicted molar refractivity (Wildman–Crippen MR) is 88.7 cm³/mol. The maximum Gasteiger partial charge on any atom is 0.338 e. The number of anilines is 1. The minimum atomic E-state index is -0.609. The van der Waals surface area contributed by atoms with Gasteiger partial charge in [0.2, 0.25) is 0 Å². The van der Waals surface area contributed by atoms with Crippen molar-refractivity contribution in [3.63, 3.8) is 0 Å². The van der Waals surface area contributed by atoms with Crippen molar-refractivity contribution in [3.05, 3.63) is 53.6 Å². The molecule has 0 fully saturated rings. The fourth-order valence-electron chi connectivity index (χ4n) is 2.28. The molecule has 130 valence electrons. The number of ether oxygens (including phenoxy) is 3. The van der Waals surface area contributed by atoms with Crippen LogP contribution in [0, 0.1) is 0 Å². The van der Waals surface area contributed by atoms with E-state index in [2.05, 4.69) is 5.32 Å². The molecular weight excluding hydrogens is 326 g/mol. The van der Waals surface area contributed by atoms with Gasteiger partial charge in [0.05, 0.1) is 12.2 Å². The number of amides is 1. The zero-order valence-corrected chi connectivity index (χ0v) is 13.4. The van der Waals surface area contributed by atoms with E-state index >= 15 is 0 Å². The lowest BCUT2D eigenvalue weighted by Gasteiger charge is -2.19. The molecule has 0 aromatic heterocycles. The number of hydrogen-bond donors (Lipinski definition) is 2. The topological polar surface area (TPSA) is 94.1 Å². The standard InChI is InChI=1S/C18H17NO6/c20-10-12-1-3-13(4-2-12)18(22)25-11-17(21)19-14-5-6-15-16(9-14)24-8-7-23-15/h1-6,9,20H,7-8,10-11H2,(H,19,21). The molecule has 0 unspecified atom stereocenters. The van der Waals surface area contributed by atoms with Crippen molar-refractivity contribution in [2.75, 3.05) is 25.1 Å². The molecule has 25 heavy (non-hydrogen) atoms. The van der Waals surface area contributed by atoms with Crippen molar-refractivity contribution < 1.29 is 28.9 Å². The lowest BCUT2D eigenvalue weighted by Crippen LogP contribution is -2.21. The number of carbonyl (C=O) groups excluding carboxylic acids is 2. The number of esters is 1. The highest BCUT2D eigenvalue weighted by Crippen LogP contribution is 2.32. The van der Waals surface area contributed by atoms with Crippen LogP contribution in [0.3, 0.4) is 0 Å². The predicted octanol–water partition coefficient (Wildman–Crippen LogP) is 1.75. The third kappa shape index (κ3) is 4.27. The lowest BCUT2D eigenvalue weighted by atomic mass is 10.1. The van der Waals surface area contributed by atoms with Gasteiger partial charge in [0, 0.05) is 11.8 Å². The molecule has 0 spiro atoms.